The molecule has 0 bridgehead atoms. The largest absolute Gasteiger partial charge is 0.491 e. The van der Waals surface area contributed by atoms with E-state index in [2.05, 4.69) is 9.97 Å². The van der Waals surface area contributed by atoms with E-state index < -0.39 is 0 Å². The molecule has 0 spiro atoms. The van der Waals surface area contributed by atoms with Crippen LogP contribution in [0.2, 0.25) is 5.15 Å². The average molecular weight is 267 g/mol. The van der Waals surface area contributed by atoms with Gasteiger partial charge in [0.25, 0.3) is 0 Å². The average Bonchev–Trinajstić information content (AvgIpc) is 2.39. The fourth-order valence-corrected chi connectivity index (χ4v) is 1.75. The second-order valence-corrected chi connectivity index (χ2v) is 3.82. The van der Waals surface area contributed by atoms with Crippen molar-refractivity contribution in [3.8, 4) is 17.0 Å². The molecule has 0 saturated heterocycles. The first-order valence-corrected chi connectivity index (χ1v) is 5.39. The minimum Gasteiger partial charge on any atom is -0.491 e. The van der Waals surface area contributed by atoms with Crippen LogP contribution < -0.4 is 16.0 Å². The van der Waals surface area contributed by atoms with E-state index in [9.17, 15) is 0 Å². The number of nitrogens with two attached hydrogens (primary N) is 1. The summed E-state index contributed by atoms with van der Waals surface area (Å²) < 4.78 is 5.16. The minimum atomic E-state index is 0.220. The summed E-state index contributed by atoms with van der Waals surface area (Å²) in [6.07, 6.45) is 1.34. The Hall–Kier alpha value is -2.05. The predicted octanol–water partition coefficient (Wildman–Crippen LogP) is 2.19. The van der Waals surface area contributed by atoms with E-state index in [0.29, 0.717) is 28.4 Å². The molecule has 0 atom stereocenters. The van der Waals surface area contributed by atoms with E-state index in [4.69, 9.17) is 27.3 Å². The molecular weight excluding hydrogens is 256 g/mol. The molecule has 7 heteroatoms. The molecule has 0 aliphatic heterocycles. The SMILES string of the molecule is COc1c(Cl)ncnc1-c1ccc(N)c(NO)c1. The Morgan fingerprint density at radius 3 is 2.83 bits per heavy atom. The zero-order valence-electron chi connectivity index (χ0n) is 9.51. The first-order valence-electron chi connectivity index (χ1n) is 5.02. The first kappa shape index (κ1) is 12.4. The van der Waals surface area contributed by atoms with E-state index in [1.165, 1.54) is 13.4 Å². The maximum absolute atomic E-state index is 8.95. The summed E-state index contributed by atoms with van der Waals surface area (Å²) in [5.74, 6) is 0.368. The van der Waals surface area contributed by atoms with Crippen LogP contribution in [0.4, 0.5) is 11.4 Å². The van der Waals surface area contributed by atoms with Crippen molar-refractivity contribution in [3.05, 3.63) is 29.7 Å². The number of nitrogens with zero attached hydrogens (tertiary/aromatic N) is 2. The molecule has 0 unspecified atom stereocenters. The third kappa shape index (κ3) is 2.15. The molecule has 1 heterocycles. The molecular formula is C11H11ClN4O2. The lowest BCUT2D eigenvalue weighted by Gasteiger charge is -2.10. The van der Waals surface area contributed by atoms with Gasteiger partial charge in [-0.25, -0.2) is 9.97 Å². The van der Waals surface area contributed by atoms with E-state index >= 15 is 0 Å². The number of rotatable bonds is 3. The number of anilines is 2. The molecule has 1 aromatic heterocycles. The number of hydrogen-bond acceptors (Lipinski definition) is 6. The summed E-state index contributed by atoms with van der Waals surface area (Å²) in [4.78, 5) is 7.95. The third-order valence-corrected chi connectivity index (χ3v) is 2.68. The van der Waals surface area contributed by atoms with Crippen LogP contribution in [-0.4, -0.2) is 22.3 Å². The summed E-state index contributed by atoms with van der Waals surface area (Å²) in [6.45, 7) is 0. The Bertz CT molecular complexity index is 577. The maximum atomic E-state index is 8.95. The van der Waals surface area contributed by atoms with Gasteiger partial charge in [0.15, 0.2) is 10.9 Å². The van der Waals surface area contributed by atoms with Gasteiger partial charge in [0.05, 0.1) is 18.5 Å². The molecule has 94 valence electrons. The highest BCUT2D eigenvalue weighted by molar-refractivity contribution is 6.31. The summed E-state index contributed by atoms with van der Waals surface area (Å²) in [7, 11) is 1.48. The topological polar surface area (TPSA) is 93.3 Å². The standard InChI is InChI=1S/C11H11ClN4O2/c1-18-10-9(14-5-15-11(10)12)6-2-3-7(13)8(4-6)16-17/h2-5,16-17H,13H2,1H3. The van der Waals surface area contributed by atoms with Gasteiger partial charge in [-0.3, -0.25) is 10.7 Å². The Balaban J connectivity index is 2.58. The van der Waals surface area contributed by atoms with Gasteiger partial charge in [-0.05, 0) is 12.1 Å². The van der Waals surface area contributed by atoms with Crippen molar-refractivity contribution in [1.29, 1.82) is 0 Å². The van der Waals surface area contributed by atoms with Gasteiger partial charge in [0.1, 0.15) is 12.0 Å². The van der Waals surface area contributed by atoms with Crippen LogP contribution in [0.1, 0.15) is 0 Å². The van der Waals surface area contributed by atoms with Crippen molar-refractivity contribution in [3.63, 3.8) is 0 Å². The van der Waals surface area contributed by atoms with Crippen molar-refractivity contribution in [1.82, 2.24) is 9.97 Å². The normalized spacial score (nSPS) is 10.2. The number of nitrogens with one attached hydrogen (secondary N) is 1. The molecule has 0 radical (unpaired) electrons. The zero-order valence-corrected chi connectivity index (χ0v) is 10.3. The Labute approximate surface area is 108 Å². The Morgan fingerprint density at radius 2 is 2.17 bits per heavy atom. The molecule has 0 saturated carbocycles. The molecule has 0 aliphatic rings. The smallest absolute Gasteiger partial charge is 0.182 e. The minimum absolute atomic E-state index is 0.220. The van der Waals surface area contributed by atoms with Crippen molar-refractivity contribution in [2.45, 2.75) is 0 Å². The molecule has 0 aliphatic carbocycles. The highest BCUT2D eigenvalue weighted by Crippen LogP contribution is 2.34. The molecule has 18 heavy (non-hydrogen) atoms. The second kappa shape index (κ2) is 5.07. The second-order valence-electron chi connectivity index (χ2n) is 3.46. The monoisotopic (exact) mass is 266 g/mol. The Morgan fingerprint density at radius 1 is 1.39 bits per heavy atom. The Kier molecular flexibility index (Phi) is 3.50. The van der Waals surface area contributed by atoms with Crippen molar-refractivity contribution >= 4 is 23.0 Å². The van der Waals surface area contributed by atoms with Gasteiger partial charge >= 0.3 is 0 Å². The number of methoxy groups -OCH3 is 1. The summed E-state index contributed by atoms with van der Waals surface area (Å²) in [6, 6.07) is 5.03. The van der Waals surface area contributed by atoms with Gasteiger partial charge in [-0.1, -0.05) is 17.7 Å². The van der Waals surface area contributed by atoms with Crippen LogP contribution in [0.5, 0.6) is 5.75 Å². The quantitative estimate of drug-likeness (QED) is 0.448. The lowest BCUT2D eigenvalue weighted by molar-refractivity contribution is 0.389. The molecule has 6 nitrogen and oxygen atoms in total. The van der Waals surface area contributed by atoms with Crippen LogP contribution in [0.15, 0.2) is 24.5 Å². The number of benzene rings is 1. The van der Waals surface area contributed by atoms with Crippen LogP contribution >= 0.6 is 11.6 Å². The highest BCUT2D eigenvalue weighted by atomic mass is 35.5. The molecule has 0 amide bonds. The lowest BCUT2D eigenvalue weighted by Crippen LogP contribution is -1.98. The fraction of sp³-hybridized carbons (Fsp3) is 0.0909. The van der Waals surface area contributed by atoms with Crippen molar-refractivity contribution < 1.29 is 9.94 Å². The van der Waals surface area contributed by atoms with E-state index in [1.807, 2.05) is 5.48 Å². The molecule has 4 N–H and O–H groups in total. The van der Waals surface area contributed by atoms with E-state index in [-0.39, 0.29) is 5.15 Å². The first-order chi connectivity index (χ1) is 8.67. The fourth-order valence-electron chi connectivity index (χ4n) is 1.54. The molecule has 2 rings (SSSR count). The maximum Gasteiger partial charge on any atom is 0.182 e. The van der Waals surface area contributed by atoms with Gasteiger partial charge in [0.2, 0.25) is 0 Å². The summed E-state index contributed by atoms with van der Waals surface area (Å²) in [5, 5.41) is 9.17. The van der Waals surface area contributed by atoms with Crippen molar-refractivity contribution in [2.75, 3.05) is 18.3 Å². The van der Waals surface area contributed by atoms with Crippen molar-refractivity contribution in [2.24, 2.45) is 0 Å². The predicted molar refractivity (Wildman–Crippen MR) is 68.9 cm³/mol. The number of halogens is 1. The number of ether oxygens (including phenoxy) is 1. The molecule has 0 fully saturated rings. The van der Waals surface area contributed by atoms with Gasteiger partial charge in [-0.15, -0.1) is 0 Å². The lowest BCUT2D eigenvalue weighted by atomic mass is 10.1. The number of nitrogen functional groups attached to an aromatic ring is 1. The number of aromatic nitrogens is 2. The van der Waals surface area contributed by atoms with Gasteiger partial charge in [0, 0.05) is 5.56 Å². The molecule has 2 aromatic rings. The third-order valence-electron chi connectivity index (χ3n) is 2.41. The van der Waals surface area contributed by atoms with E-state index in [0.717, 1.165) is 0 Å². The highest BCUT2D eigenvalue weighted by Gasteiger charge is 2.13. The van der Waals surface area contributed by atoms with Gasteiger partial charge in [-0.2, -0.15) is 0 Å². The molecule has 1 aromatic carbocycles. The zero-order chi connectivity index (χ0) is 13.1. The van der Waals surface area contributed by atoms with Crippen LogP contribution in [-0.2, 0) is 0 Å². The summed E-state index contributed by atoms with van der Waals surface area (Å²) in [5.41, 5.74) is 9.70. The van der Waals surface area contributed by atoms with E-state index in [1.54, 1.807) is 18.2 Å². The van der Waals surface area contributed by atoms with Crippen LogP contribution in [0.25, 0.3) is 11.3 Å². The number of hydrogen-bond donors (Lipinski definition) is 3. The summed E-state index contributed by atoms with van der Waals surface area (Å²) >= 11 is 5.92. The van der Waals surface area contributed by atoms with Crippen LogP contribution in [0.3, 0.4) is 0 Å². The van der Waals surface area contributed by atoms with Gasteiger partial charge < -0.3 is 10.5 Å². The van der Waals surface area contributed by atoms with Crippen LogP contribution in [0, 0.1) is 0 Å².